The quantitative estimate of drug-likeness (QED) is 0.366. The molecule has 0 saturated carbocycles. The third kappa shape index (κ3) is 10.5. The Kier molecular flexibility index (Phi) is 11.3. The van der Waals surface area contributed by atoms with Gasteiger partial charge in [-0.15, -0.1) is 0 Å². The van der Waals surface area contributed by atoms with Gasteiger partial charge in [0.15, 0.2) is 0 Å². The summed E-state index contributed by atoms with van der Waals surface area (Å²) in [6.07, 6.45) is 0. The Bertz CT molecular complexity index is 434. The normalized spacial score (nSPS) is 12.7. The van der Waals surface area contributed by atoms with Crippen LogP contribution in [0.15, 0.2) is 35.2 Å². The molecule has 0 aliphatic heterocycles. The zero-order valence-corrected chi connectivity index (χ0v) is 13.6. The van der Waals surface area contributed by atoms with E-state index in [-0.39, 0.29) is 5.75 Å². The lowest BCUT2D eigenvalue weighted by molar-refractivity contribution is -0.138. The summed E-state index contributed by atoms with van der Waals surface area (Å²) in [5, 5.41) is 16.5. The Morgan fingerprint density at radius 3 is 2.00 bits per heavy atom. The molecule has 1 aromatic rings. The van der Waals surface area contributed by atoms with Crippen LogP contribution in [0.2, 0.25) is 0 Å². The molecule has 0 unspecified atom stereocenters. The van der Waals surface area contributed by atoms with Gasteiger partial charge in [-0.1, -0.05) is 39.8 Å². The number of nitrogens with two attached hydrogens (primary N) is 2. The van der Waals surface area contributed by atoms with Crippen LogP contribution in [0.3, 0.4) is 0 Å². The molecule has 0 saturated heterocycles. The molecular weight excluding hydrogens is 332 g/mol. The largest absolute Gasteiger partial charge is 0.480 e. The number of benzene rings is 1. The predicted octanol–water partition coefficient (Wildman–Crippen LogP) is 1.17. The molecule has 118 valence electrons. The first-order valence-corrected chi connectivity index (χ1v) is 8.75. The Morgan fingerprint density at radius 1 is 1.10 bits per heavy atom. The fourth-order valence-corrected chi connectivity index (χ4v) is 3.10. The number of carbonyl (C=O) groups is 2. The SMILES string of the molecule is N[C@@H](CS)C(=O)O.N[C@@H](CSSc1ccccc1)C(=O)O. The molecule has 0 bridgehead atoms. The second kappa shape index (κ2) is 11.8. The number of hydrogen-bond donors (Lipinski definition) is 5. The lowest BCUT2D eigenvalue weighted by Crippen LogP contribution is -2.32. The number of rotatable bonds is 7. The number of hydrogen-bond acceptors (Lipinski definition) is 7. The molecule has 0 fully saturated rings. The van der Waals surface area contributed by atoms with Crippen LogP contribution in [0.25, 0.3) is 0 Å². The topological polar surface area (TPSA) is 127 Å². The van der Waals surface area contributed by atoms with Gasteiger partial charge in [0, 0.05) is 16.4 Å². The maximum atomic E-state index is 10.4. The highest BCUT2D eigenvalue weighted by atomic mass is 33.1. The maximum Gasteiger partial charge on any atom is 0.321 e. The van der Waals surface area contributed by atoms with E-state index in [4.69, 9.17) is 21.7 Å². The van der Waals surface area contributed by atoms with Crippen molar-refractivity contribution in [3.8, 4) is 0 Å². The van der Waals surface area contributed by atoms with Gasteiger partial charge in [0.25, 0.3) is 0 Å². The minimum absolute atomic E-state index is 0.190. The van der Waals surface area contributed by atoms with Gasteiger partial charge in [-0.05, 0) is 12.1 Å². The van der Waals surface area contributed by atoms with Crippen molar-refractivity contribution in [1.82, 2.24) is 0 Å². The third-order valence-corrected chi connectivity index (χ3v) is 4.79. The number of thiol groups is 1. The second-order valence-corrected chi connectivity index (χ2v) is 6.53. The Hall–Kier alpha value is -0.870. The van der Waals surface area contributed by atoms with Crippen molar-refractivity contribution < 1.29 is 19.8 Å². The van der Waals surface area contributed by atoms with Crippen LogP contribution in [-0.4, -0.2) is 45.7 Å². The van der Waals surface area contributed by atoms with Gasteiger partial charge < -0.3 is 21.7 Å². The molecule has 9 heteroatoms. The fraction of sp³-hybridized carbons (Fsp3) is 0.333. The van der Waals surface area contributed by atoms with Crippen LogP contribution in [0, 0.1) is 0 Å². The van der Waals surface area contributed by atoms with Gasteiger partial charge in [0.05, 0.1) is 0 Å². The van der Waals surface area contributed by atoms with Crippen molar-refractivity contribution >= 4 is 46.2 Å². The van der Waals surface area contributed by atoms with Crippen molar-refractivity contribution in [1.29, 1.82) is 0 Å². The van der Waals surface area contributed by atoms with E-state index in [1.54, 1.807) is 0 Å². The first-order valence-electron chi connectivity index (χ1n) is 5.80. The van der Waals surface area contributed by atoms with Gasteiger partial charge in [-0.3, -0.25) is 9.59 Å². The lowest BCUT2D eigenvalue weighted by Gasteiger charge is -2.04. The van der Waals surface area contributed by atoms with Crippen LogP contribution in [0.1, 0.15) is 0 Å². The van der Waals surface area contributed by atoms with E-state index < -0.39 is 24.0 Å². The molecule has 21 heavy (non-hydrogen) atoms. The molecule has 2 atom stereocenters. The van der Waals surface area contributed by atoms with Gasteiger partial charge in [-0.25, -0.2) is 0 Å². The van der Waals surface area contributed by atoms with E-state index >= 15 is 0 Å². The van der Waals surface area contributed by atoms with E-state index in [0.717, 1.165) is 4.90 Å². The predicted molar refractivity (Wildman–Crippen MR) is 89.8 cm³/mol. The summed E-state index contributed by atoms with van der Waals surface area (Å²) in [5.74, 6) is -1.36. The van der Waals surface area contributed by atoms with Crippen molar-refractivity contribution in [2.75, 3.05) is 11.5 Å². The molecule has 6 nitrogen and oxygen atoms in total. The molecular formula is C12H18N2O4S3. The fourth-order valence-electron chi connectivity index (χ4n) is 0.801. The summed E-state index contributed by atoms with van der Waals surface area (Å²) in [6.45, 7) is 0. The highest BCUT2D eigenvalue weighted by Crippen LogP contribution is 2.30. The van der Waals surface area contributed by atoms with E-state index in [9.17, 15) is 9.59 Å². The summed E-state index contributed by atoms with van der Waals surface area (Å²) in [4.78, 5) is 21.3. The van der Waals surface area contributed by atoms with Crippen LogP contribution < -0.4 is 11.5 Å². The van der Waals surface area contributed by atoms with Gasteiger partial charge >= 0.3 is 11.9 Å². The summed E-state index contributed by atoms with van der Waals surface area (Å²) < 4.78 is 0. The molecule has 0 radical (unpaired) electrons. The minimum Gasteiger partial charge on any atom is -0.480 e. The van der Waals surface area contributed by atoms with Crippen molar-refractivity contribution in [3.63, 3.8) is 0 Å². The maximum absolute atomic E-state index is 10.4. The second-order valence-electron chi connectivity index (χ2n) is 3.75. The number of carboxylic acids is 2. The number of carboxylic acid groups (broad SMARTS) is 2. The Balaban J connectivity index is 0.000000486. The Morgan fingerprint density at radius 2 is 1.62 bits per heavy atom. The van der Waals surface area contributed by atoms with Crippen molar-refractivity contribution in [2.45, 2.75) is 17.0 Å². The van der Waals surface area contributed by atoms with Gasteiger partial charge in [0.1, 0.15) is 12.1 Å². The molecule has 0 spiro atoms. The third-order valence-electron chi connectivity index (χ3n) is 1.98. The summed E-state index contributed by atoms with van der Waals surface area (Å²) in [6, 6.07) is 8.19. The summed E-state index contributed by atoms with van der Waals surface area (Å²) >= 11 is 3.65. The zero-order valence-electron chi connectivity index (χ0n) is 11.1. The highest BCUT2D eigenvalue weighted by Gasteiger charge is 2.11. The molecule has 0 aromatic heterocycles. The van der Waals surface area contributed by atoms with E-state index in [1.165, 1.54) is 21.6 Å². The van der Waals surface area contributed by atoms with Crippen molar-refractivity contribution in [2.24, 2.45) is 11.5 Å². The molecule has 0 aliphatic carbocycles. The van der Waals surface area contributed by atoms with E-state index in [0.29, 0.717) is 5.75 Å². The molecule has 6 N–H and O–H groups in total. The van der Waals surface area contributed by atoms with Gasteiger partial charge in [-0.2, -0.15) is 12.6 Å². The van der Waals surface area contributed by atoms with E-state index in [1.807, 2.05) is 30.3 Å². The standard InChI is InChI=1S/C9H11NO2S2.C3H7NO2S/c10-8(9(11)12)6-13-14-7-4-2-1-3-5-7;4-2(1-7)3(5)6/h1-5,8H,6,10H2,(H,11,12);2,7H,1,4H2,(H,5,6)/t8-;2-/m00/s1. The van der Waals surface area contributed by atoms with Crippen LogP contribution in [0.4, 0.5) is 0 Å². The Labute approximate surface area is 136 Å². The first kappa shape index (κ1) is 20.1. The van der Waals surface area contributed by atoms with Crippen LogP contribution >= 0.6 is 34.2 Å². The smallest absolute Gasteiger partial charge is 0.321 e. The van der Waals surface area contributed by atoms with Crippen LogP contribution in [0.5, 0.6) is 0 Å². The molecule has 0 heterocycles. The van der Waals surface area contributed by atoms with E-state index in [2.05, 4.69) is 12.6 Å². The average molecular weight is 350 g/mol. The minimum atomic E-state index is -1.00. The monoisotopic (exact) mass is 350 g/mol. The zero-order chi connectivity index (χ0) is 16.3. The summed E-state index contributed by atoms with van der Waals surface area (Å²) in [7, 11) is 2.99. The molecule has 0 aliphatic rings. The first-order chi connectivity index (χ1) is 9.88. The molecule has 0 amide bonds. The van der Waals surface area contributed by atoms with Crippen LogP contribution in [-0.2, 0) is 9.59 Å². The summed E-state index contributed by atoms with van der Waals surface area (Å²) in [5.41, 5.74) is 10.3. The average Bonchev–Trinajstić information content (AvgIpc) is 2.47. The number of aliphatic carboxylic acids is 2. The lowest BCUT2D eigenvalue weighted by atomic mass is 10.4. The van der Waals surface area contributed by atoms with Gasteiger partial charge in [0.2, 0.25) is 0 Å². The highest BCUT2D eigenvalue weighted by molar-refractivity contribution is 8.76. The van der Waals surface area contributed by atoms with Crippen molar-refractivity contribution in [3.05, 3.63) is 30.3 Å². The molecule has 1 aromatic carbocycles. The molecule has 1 rings (SSSR count).